The summed E-state index contributed by atoms with van der Waals surface area (Å²) in [6.07, 6.45) is 3.78. The number of halogens is 1. The minimum absolute atomic E-state index is 0.682. The standard InChI is InChI=1S/C13H22BrN3/c1-5-11-13(14)12(17(4)15-11)8-16(3)9(2)10-6-7-10/h9-10H,5-8H2,1-4H3. The molecule has 96 valence electrons. The largest absolute Gasteiger partial charge is 0.298 e. The monoisotopic (exact) mass is 299 g/mol. The van der Waals surface area contributed by atoms with Crippen LogP contribution in [0.15, 0.2) is 4.47 Å². The lowest BCUT2D eigenvalue weighted by atomic mass is 10.2. The summed E-state index contributed by atoms with van der Waals surface area (Å²) in [6, 6.07) is 0.682. The molecule has 0 amide bonds. The van der Waals surface area contributed by atoms with E-state index in [1.165, 1.54) is 23.0 Å². The number of aryl methyl sites for hydroxylation is 2. The lowest BCUT2D eigenvalue weighted by Crippen LogP contribution is -2.31. The Hall–Kier alpha value is -0.350. The molecule has 1 atom stereocenters. The van der Waals surface area contributed by atoms with Gasteiger partial charge in [-0.1, -0.05) is 6.92 Å². The first-order valence-corrected chi connectivity index (χ1v) is 7.24. The molecule has 1 saturated carbocycles. The molecule has 1 fully saturated rings. The number of hydrogen-bond acceptors (Lipinski definition) is 2. The normalized spacial score (nSPS) is 17.8. The molecule has 1 aliphatic carbocycles. The summed E-state index contributed by atoms with van der Waals surface area (Å²) < 4.78 is 3.20. The van der Waals surface area contributed by atoms with Crippen molar-refractivity contribution in [2.75, 3.05) is 7.05 Å². The van der Waals surface area contributed by atoms with Crippen LogP contribution in [-0.2, 0) is 20.0 Å². The highest BCUT2D eigenvalue weighted by Gasteiger charge is 2.31. The van der Waals surface area contributed by atoms with E-state index in [0.717, 1.165) is 24.6 Å². The molecule has 1 aliphatic rings. The Morgan fingerprint density at radius 2 is 2.18 bits per heavy atom. The molecule has 1 unspecified atom stereocenters. The summed E-state index contributed by atoms with van der Waals surface area (Å²) in [5, 5.41) is 4.54. The maximum Gasteiger partial charge on any atom is 0.0767 e. The van der Waals surface area contributed by atoms with Gasteiger partial charge < -0.3 is 0 Å². The van der Waals surface area contributed by atoms with Crippen LogP contribution in [0.3, 0.4) is 0 Å². The zero-order valence-electron chi connectivity index (χ0n) is 11.2. The van der Waals surface area contributed by atoms with Crippen molar-refractivity contribution in [2.24, 2.45) is 13.0 Å². The predicted octanol–water partition coefficient (Wildman–Crippen LogP) is 2.98. The highest BCUT2D eigenvalue weighted by Crippen LogP contribution is 2.35. The van der Waals surface area contributed by atoms with Crippen LogP contribution in [0, 0.1) is 5.92 Å². The minimum atomic E-state index is 0.682. The molecule has 1 heterocycles. The fourth-order valence-electron chi connectivity index (χ4n) is 2.31. The SMILES string of the molecule is CCc1nn(C)c(CN(C)C(C)C2CC2)c1Br. The average molecular weight is 300 g/mol. The first-order chi connectivity index (χ1) is 8.04. The van der Waals surface area contributed by atoms with Crippen molar-refractivity contribution in [1.29, 1.82) is 0 Å². The first kappa shape index (κ1) is 13.1. The van der Waals surface area contributed by atoms with Gasteiger partial charge in [-0.2, -0.15) is 5.10 Å². The Labute approximate surface area is 112 Å². The quantitative estimate of drug-likeness (QED) is 0.833. The van der Waals surface area contributed by atoms with Crippen molar-refractivity contribution in [2.45, 2.75) is 45.7 Å². The van der Waals surface area contributed by atoms with Crippen molar-refractivity contribution in [3.05, 3.63) is 15.9 Å². The van der Waals surface area contributed by atoms with Crippen molar-refractivity contribution in [3.63, 3.8) is 0 Å². The molecule has 1 aromatic rings. The summed E-state index contributed by atoms with van der Waals surface area (Å²) in [4.78, 5) is 2.44. The minimum Gasteiger partial charge on any atom is -0.298 e. The van der Waals surface area contributed by atoms with Gasteiger partial charge in [-0.3, -0.25) is 9.58 Å². The lowest BCUT2D eigenvalue weighted by Gasteiger charge is -2.24. The second-order valence-electron chi connectivity index (χ2n) is 5.18. The van der Waals surface area contributed by atoms with Crippen molar-refractivity contribution in [3.8, 4) is 0 Å². The van der Waals surface area contributed by atoms with Crippen LogP contribution in [-0.4, -0.2) is 27.8 Å². The molecular weight excluding hydrogens is 278 g/mol. The van der Waals surface area contributed by atoms with Crippen LogP contribution >= 0.6 is 15.9 Å². The van der Waals surface area contributed by atoms with Crippen molar-refractivity contribution < 1.29 is 0 Å². The molecule has 0 radical (unpaired) electrons. The zero-order valence-corrected chi connectivity index (χ0v) is 12.8. The summed E-state index contributed by atoms with van der Waals surface area (Å²) in [5.41, 5.74) is 2.45. The molecule has 3 nitrogen and oxygen atoms in total. The van der Waals surface area contributed by atoms with E-state index in [-0.39, 0.29) is 0 Å². The predicted molar refractivity (Wildman–Crippen MR) is 73.9 cm³/mol. The highest BCUT2D eigenvalue weighted by molar-refractivity contribution is 9.10. The average Bonchev–Trinajstić information content (AvgIpc) is 3.10. The van der Waals surface area contributed by atoms with Crippen molar-refractivity contribution in [1.82, 2.24) is 14.7 Å². The van der Waals surface area contributed by atoms with Gasteiger partial charge in [-0.15, -0.1) is 0 Å². The maximum atomic E-state index is 4.54. The van der Waals surface area contributed by atoms with E-state index in [2.05, 4.69) is 46.8 Å². The van der Waals surface area contributed by atoms with E-state index in [0.29, 0.717) is 6.04 Å². The van der Waals surface area contributed by atoms with Gasteiger partial charge >= 0.3 is 0 Å². The van der Waals surface area contributed by atoms with Gasteiger partial charge in [0, 0.05) is 19.6 Å². The third-order valence-corrected chi connectivity index (χ3v) is 4.82. The van der Waals surface area contributed by atoms with Gasteiger partial charge in [0.05, 0.1) is 15.9 Å². The molecule has 2 rings (SSSR count). The van der Waals surface area contributed by atoms with Crippen LogP contribution in [0.2, 0.25) is 0 Å². The van der Waals surface area contributed by atoms with Crippen LogP contribution in [0.1, 0.15) is 38.1 Å². The molecule has 0 aromatic carbocycles. The van der Waals surface area contributed by atoms with Gasteiger partial charge in [0.1, 0.15) is 0 Å². The third-order valence-electron chi connectivity index (χ3n) is 3.90. The Morgan fingerprint density at radius 3 is 2.65 bits per heavy atom. The lowest BCUT2D eigenvalue weighted by molar-refractivity contribution is 0.221. The molecule has 4 heteroatoms. The first-order valence-electron chi connectivity index (χ1n) is 6.45. The second kappa shape index (κ2) is 5.11. The zero-order chi connectivity index (χ0) is 12.6. The van der Waals surface area contributed by atoms with Gasteiger partial charge in [-0.05, 0) is 55.1 Å². The van der Waals surface area contributed by atoms with Gasteiger partial charge in [0.15, 0.2) is 0 Å². The van der Waals surface area contributed by atoms with Crippen LogP contribution < -0.4 is 0 Å². The second-order valence-corrected chi connectivity index (χ2v) is 5.97. The van der Waals surface area contributed by atoms with E-state index >= 15 is 0 Å². The van der Waals surface area contributed by atoms with Gasteiger partial charge in [0.2, 0.25) is 0 Å². The summed E-state index contributed by atoms with van der Waals surface area (Å²) in [5.74, 6) is 0.914. The molecule has 0 bridgehead atoms. The van der Waals surface area contributed by atoms with Crippen LogP contribution in [0.25, 0.3) is 0 Å². The third kappa shape index (κ3) is 2.74. The summed E-state index contributed by atoms with van der Waals surface area (Å²) in [6.45, 7) is 5.46. The van der Waals surface area contributed by atoms with Crippen LogP contribution in [0.5, 0.6) is 0 Å². The summed E-state index contributed by atoms with van der Waals surface area (Å²) >= 11 is 3.68. The molecular formula is C13H22BrN3. The van der Waals surface area contributed by atoms with Crippen molar-refractivity contribution >= 4 is 15.9 Å². The summed E-state index contributed by atoms with van der Waals surface area (Å²) in [7, 11) is 4.25. The van der Waals surface area contributed by atoms with E-state index in [1.807, 2.05) is 11.7 Å². The molecule has 17 heavy (non-hydrogen) atoms. The maximum absolute atomic E-state index is 4.54. The smallest absolute Gasteiger partial charge is 0.0767 e. The van der Waals surface area contributed by atoms with E-state index in [9.17, 15) is 0 Å². The molecule has 0 aliphatic heterocycles. The fourth-order valence-corrected chi connectivity index (χ4v) is 3.05. The molecule has 0 spiro atoms. The Kier molecular flexibility index (Phi) is 3.93. The fraction of sp³-hybridized carbons (Fsp3) is 0.769. The molecule has 0 N–H and O–H groups in total. The molecule has 1 aromatic heterocycles. The van der Waals surface area contributed by atoms with E-state index < -0.39 is 0 Å². The molecule has 0 saturated heterocycles. The number of nitrogens with zero attached hydrogens (tertiary/aromatic N) is 3. The van der Waals surface area contributed by atoms with Gasteiger partial charge in [0.25, 0.3) is 0 Å². The topological polar surface area (TPSA) is 21.1 Å². The number of rotatable bonds is 5. The Morgan fingerprint density at radius 1 is 1.53 bits per heavy atom. The number of aromatic nitrogens is 2. The van der Waals surface area contributed by atoms with Gasteiger partial charge in [-0.25, -0.2) is 0 Å². The van der Waals surface area contributed by atoms with Crippen LogP contribution in [0.4, 0.5) is 0 Å². The highest BCUT2D eigenvalue weighted by atomic mass is 79.9. The Bertz CT molecular complexity index is 396. The van der Waals surface area contributed by atoms with E-state index in [1.54, 1.807) is 0 Å². The number of hydrogen-bond donors (Lipinski definition) is 0. The van der Waals surface area contributed by atoms with E-state index in [4.69, 9.17) is 0 Å². The Balaban J connectivity index is 2.09.